The Morgan fingerprint density at radius 3 is 2.64 bits per heavy atom. The lowest BCUT2D eigenvalue weighted by atomic mass is 9.96. The fraction of sp³-hybridized carbons (Fsp3) is 0.667. The second-order valence-corrected chi connectivity index (χ2v) is 6.99. The quantitative estimate of drug-likeness (QED) is 0.930. The molecule has 2 atom stereocenters. The smallest absolute Gasteiger partial charge is 0.146 e. The standard InChI is InChI=1S/C18H27FN2O/c1-13-9-17(21-6-3-4-7-21)16(19)10-15(13)12-20-8-5-18(22)14(2)11-20/h9-10,14,18,22H,3-8,11-12H2,1-2H3/t14-,18+/m1/s1. The van der Waals surface area contributed by atoms with Crippen molar-refractivity contribution in [3.05, 3.63) is 29.1 Å². The van der Waals surface area contributed by atoms with Crippen LogP contribution in [0, 0.1) is 18.7 Å². The largest absolute Gasteiger partial charge is 0.393 e. The first-order chi connectivity index (χ1) is 10.5. The van der Waals surface area contributed by atoms with Gasteiger partial charge < -0.3 is 10.0 Å². The summed E-state index contributed by atoms with van der Waals surface area (Å²) in [6.45, 7) is 8.66. The number of piperidine rings is 1. The van der Waals surface area contributed by atoms with E-state index in [9.17, 15) is 9.50 Å². The molecule has 4 heteroatoms. The molecule has 1 aromatic carbocycles. The SMILES string of the molecule is Cc1cc(N2CCCC2)c(F)cc1CN1CC[C@H](O)[C@H](C)C1. The zero-order valence-corrected chi connectivity index (χ0v) is 13.7. The number of halogens is 1. The Hall–Kier alpha value is -1.13. The number of rotatable bonds is 3. The van der Waals surface area contributed by atoms with Crippen LogP contribution in [0.4, 0.5) is 10.1 Å². The molecule has 0 aromatic heterocycles. The van der Waals surface area contributed by atoms with Crippen molar-refractivity contribution < 1.29 is 9.50 Å². The van der Waals surface area contributed by atoms with E-state index in [2.05, 4.69) is 23.6 Å². The summed E-state index contributed by atoms with van der Waals surface area (Å²) in [5, 5.41) is 9.83. The molecule has 2 aliphatic rings. The molecule has 0 bridgehead atoms. The first kappa shape index (κ1) is 15.8. The lowest BCUT2D eigenvalue weighted by molar-refractivity contribution is 0.0319. The minimum atomic E-state index is -0.188. The number of aliphatic hydroxyl groups is 1. The van der Waals surface area contributed by atoms with Crippen LogP contribution < -0.4 is 4.90 Å². The molecule has 2 saturated heterocycles. The van der Waals surface area contributed by atoms with Gasteiger partial charge in [0.15, 0.2) is 0 Å². The highest BCUT2D eigenvalue weighted by molar-refractivity contribution is 5.52. The molecule has 1 N–H and O–H groups in total. The highest BCUT2D eigenvalue weighted by atomic mass is 19.1. The van der Waals surface area contributed by atoms with E-state index >= 15 is 0 Å². The Morgan fingerprint density at radius 2 is 1.95 bits per heavy atom. The van der Waals surface area contributed by atoms with E-state index in [1.54, 1.807) is 6.07 Å². The number of anilines is 1. The van der Waals surface area contributed by atoms with Crippen LogP contribution >= 0.6 is 0 Å². The number of aliphatic hydroxyl groups excluding tert-OH is 1. The minimum absolute atomic E-state index is 0.0902. The molecule has 3 nitrogen and oxygen atoms in total. The van der Waals surface area contributed by atoms with Crippen LogP contribution in [0.2, 0.25) is 0 Å². The molecule has 2 heterocycles. The molecular formula is C18H27FN2O. The summed E-state index contributed by atoms with van der Waals surface area (Å²) >= 11 is 0. The second-order valence-electron chi connectivity index (χ2n) is 6.99. The Bertz CT molecular complexity index is 528. The van der Waals surface area contributed by atoms with Gasteiger partial charge in [0, 0.05) is 32.7 Å². The molecule has 0 spiro atoms. The van der Waals surface area contributed by atoms with Crippen LogP contribution in [-0.2, 0) is 6.54 Å². The summed E-state index contributed by atoms with van der Waals surface area (Å²) in [6, 6.07) is 3.73. The molecule has 22 heavy (non-hydrogen) atoms. The first-order valence-corrected chi connectivity index (χ1v) is 8.49. The van der Waals surface area contributed by atoms with Gasteiger partial charge in [-0.3, -0.25) is 4.90 Å². The van der Waals surface area contributed by atoms with Crippen molar-refractivity contribution >= 4 is 5.69 Å². The molecule has 1 aromatic rings. The molecule has 2 aliphatic heterocycles. The summed E-state index contributed by atoms with van der Waals surface area (Å²) in [4.78, 5) is 4.49. The van der Waals surface area contributed by atoms with Crippen molar-refractivity contribution in [3.63, 3.8) is 0 Å². The van der Waals surface area contributed by atoms with Crippen molar-refractivity contribution in [1.82, 2.24) is 4.90 Å². The van der Waals surface area contributed by atoms with E-state index < -0.39 is 0 Å². The van der Waals surface area contributed by atoms with Crippen LogP contribution in [0.5, 0.6) is 0 Å². The van der Waals surface area contributed by atoms with Gasteiger partial charge in [0.1, 0.15) is 5.82 Å². The van der Waals surface area contributed by atoms with E-state index in [4.69, 9.17) is 0 Å². The maximum atomic E-state index is 14.5. The van der Waals surface area contributed by atoms with Crippen molar-refractivity contribution in [2.75, 3.05) is 31.1 Å². The van der Waals surface area contributed by atoms with Crippen LogP contribution in [0.15, 0.2) is 12.1 Å². The molecule has 3 rings (SSSR count). The topological polar surface area (TPSA) is 26.7 Å². The summed E-state index contributed by atoms with van der Waals surface area (Å²) in [6.07, 6.45) is 2.95. The molecule has 0 unspecified atom stereocenters. The summed E-state index contributed by atoms with van der Waals surface area (Å²) in [7, 11) is 0. The molecule has 0 saturated carbocycles. The van der Waals surface area contributed by atoms with E-state index in [1.807, 2.05) is 6.07 Å². The molecule has 0 radical (unpaired) electrons. The lowest BCUT2D eigenvalue weighted by Gasteiger charge is -2.34. The van der Waals surface area contributed by atoms with Crippen LogP contribution in [0.25, 0.3) is 0 Å². The van der Waals surface area contributed by atoms with Gasteiger partial charge in [0.05, 0.1) is 11.8 Å². The van der Waals surface area contributed by atoms with Gasteiger partial charge in [0.25, 0.3) is 0 Å². The molecule has 0 aliphatic carbocycles. The van der Waals surface area contributed by atoms with E-state index in [0.717, 1.165) is 63.2 Å². The van der Waals surface area contributed by atoms with Gasteiger partial charge >= 0.3 is 0 Å². The fourth-order valence-electron chi connectivity index (χ4n) is 3.68. The number of likely N-dealkylation sites (tertiary alicyclic amines) is 1. The third kappa shape index (κ3) is 3.28. The Kier molecular flexibility index (Phi) is 4.69. The third-order valence-corrected chi connectivity index (χ3v) is 5.19. The minimum Gasteiger partial charge on any atom is -0.393 e. The highest BCUT2D eigenvalue weighted by Crippen LogP contribution is 2.28. The van der Waals surface area contributed by atoms with Crippen LogP contribution in [0.3, 0.4) is 0 Å². The summed E-state index contributed by atoms with van der Waals surface area (Å²) < 4.78 is 14.5. The number of benzene rings is 1. The predicted molar refractivity (Wildman–Crippen MR) is 87.6 cm³/mol. The lowest BCUT2D eigenvalue weighted by Crippen LogP contribution is -2.41. The van der Waals surface area contributed by atoms with Gasteiger partial charge in [-0.1, -0.05) is 6.92 Å². The highest BCUT2D eigenvalue weighted by Gasteiger charge is 2.25. The first-order valence-electron chi connectivity index (χ1n) is 8.49. The average molecular weight is 306 g/mol. The van der Waals surface area contributed by atoms with Crippen LogP contribution in [0.1, 0.15) is 37.3 Å². The van der Waals surface area contributed by atoms with E-state index in [0.29, 0.717) is 5.92 Å². The zero-order chi connectivity index (χ0) is 15.7. The van der Waals surface area contributed by atoms with Crippen LogP contribution in [-0.4, -0.2) is 42.3 Å². The van der Waals surface area contributed by atoms with Gasteiger partial charge in [-0.2, -0.15) is 0 Å². The van der Waals surface area contributed by atoms with Crippen molar-refractivity contribution in [2.24, 2.45) is 5.92 Å². The average Bonchev–Trinajstić information content (AvgIpc) is 3.00. The van der Waals surface area contributed by atoms with Crippen molar-refractivity contribution in [2.45, 2.75) is 45.8 Å². The molecule has 122 valence electrons. The summed E-state index contributed by atoms with van der Waals surface area (Å²) in [5.74, 6) is 0.204. The zero-order valence-electron chi connectivity index (χ0n) is 13.7. The Labute approximate surface area is 132 Å². The van der Waals surface area contributed by atoms with Gasteiger partial charge in [-0.15, -0.1) is 0 Å². The number of hydrogen-bond acceptors (Lipinski definition) is 3. The normalized spacial score (nSPS) is 26.6. The number of aryl methyl sites for hydroxylation is 1. The predicted octanol–water partition coefficient (Wildman–Crippen LogP) is 2.94. The maximum absolute atomic E-state index is 14.5. The Balaban J connectivity index is 1.73. The van der Waals surface area contributed by atoms with E-state index in [-0.39, 0.29) is 11.9 Å². The van der Waals surface area contributed by atoms with Gasteiger partial charge in [-0.25, -0.2) is 4.39 Å². The maximum Gasteiger partial charge on any atom is 0.146 e. The van der Waals surface area contributed by atoms with Gasteiger partial charge in [-0.05, 0) is 55.4 Å². The molecule has 0 amide bonds. The monoisotopic (exact) mass is 306 g/mol. The summed E-state index contributed by atoms with van der Waals surface area (Å²) in [5.41, 5.74) is 3.01. The second kappa shape index (κ2) is 6.55. The Morgan fingerprint density at radius 1 is 1.23 bits per heavy atom. The van der Waals surface area contributed by atoms with E-state index in [1.165, 1.54) is 5.56 Å². The third-order valence-electron chi connectivity index (χ3n) is 5.19. The van der Waals surface area contributed by atoms with Crippen molar-refractivity contribution in [3.8, 4) is 0 Å². The van der Waals surface area contributed by atoms with Crippen molar-refractivity contribution in [1.29, 1.82) is 0 Å². The van der Waals surface area contributed by atoms with Gasteiger partial charge in [0.2, 0.25) is 0 Å². The number of hydrogen-bond donors (Lipinski definition) is 1. The fourth-order valence-corrected chi connectivity index (χ4v) is 3.68. The molecule has 2 fully saturated rings. The molecular weight excluding hydrogens is 279 g/mol. The number of nitrogens with zero attached hydrogens (tertiary/aromatic N) is 2.